The summed E-state index contributed by atoms with van der Waals surface area (Å²) < 4.78 is 7.81. The molecule has 2 aliphatic heterocycles. The molecule has 21 heavy (non-hydrogen) atoms. The third kappa shape index (κ3) is 3.46. The normalized spacial score (nSPS) is 26.2. The molecule has 0 radical (unpaired) electrons. The van der Waals surface area contributed by atoms with E-state index in [9.17, 15) is 4.79 Å². The van der Waals surface area contributed by atoms with E-state index in [-0.39, 0.29) is 5.91 Å². The van der Waals surface area contributed by atoms with Gasteiger partial charge in [-0.1, -0.05) is 0 Å². The van der Waals surface area contributed by atoms with Crippen LogP contribution in [0.15, 0.2) is 12.4 Å². The van der Waals surface area contributed by atoms with Crippen LogP contribution in [-0.2, 0) is 9.53 Å². The minimum atomic E-state index is 0.285. The maximum Gasteiger partial charge on any atom is 0.222 e. The number of carbonyl (C=O) groups is 1. The van der Waals surface area contributed by atoms with E-state index in [0.717, 1.165) is 57.6 Å². The van der Waals surface area contributed by atoms with Crippen molar-refractivity contribution >= 4 is 5.91 Å². The zero-order chi connectivity index (χ0) is 14.7. The van der Waals surface area contributed by atoms with Gasteiger partial charge in [0.15, 0.2) is 0 Å². The number of hydrogen-bond acceptors (Lipinski definition) is 3. The van der Waals surface area contributed by atoms with Crippen LogP contribution < -0.4 is 0 Å². The number of ether oxygens (including phenoxy) is 1. The molecule has 0 spiro atoms. The van der Waals surface area contributed by atoms with Gasteiger partial charge >= 0.3 is 0 Å². The standard InChI is InChI=1S/C16H25N3O2/c1-13-17-8-10-19(13)14-4-2-9-18(12-14)16(20)7-6-15-5-3-11-21-15/h8,10,14-15H,2-7,9,11-12H2,1H3/t14-,15-/m0/s1. The number of imidazole rings is 1. The fourth-order valence-corrected chi connectivity index (χ4v) is 3.50. The van der Waals surface area contributed by atoms with E-state index in [1.807, 2.05) is 24.2 Å². The van der Waals surface area contributed by atoms with Crippen molar-refractivity contribution in [3.05, 3.63) is 18.2 Å². The van der Waals surface area contributed by atoms with E-state index in [1.54, 1.807) is 0 Å². The highest BCUT2D eigenvalue weighted by molar-refractivity contribution is 5.76. The van der Waals surface area contributed by atoms with Gasteiger partial charge < -0.3 is 14.2 Å². The first kappa shape index (κ1) is 14.6. The maximum absolute atomic E-state index is 12.4. The van der Waals surface area contributed by atoms with Crippen LogP contribution in [0.3, 0.4) is 0 Å². The highest BCUT2D eigenvalue weighted by Gasteiger charge is 2.26. The van der Waals surface area contributed by atoms with Crippen molar-refractivity contribution < 1.29 is 9.53 Å². The number of hydrogen-bond donors (Lipinski definition) is 0. The third-order valence-electron chi connectivity index (χ3n) is 4.71. The molecule has 3 heterocycles. The first-order valence-corrected chi connectivity index (χ1v) is 8.13. The molecule has 0 saturated carbocycles. The Morgan fingerprint density at radius 2 is 2.33 bits per heavy atom. The van der Waals surface area contributed by atoms with Gasteiger partial charge in [-0.05, 0) is 39.0 Å². The molecular weight excluding hydrogens is 266 g/mol. The minimum absolute atomic E-state index is 0.285. The molecule has 1 aromatic rings. The van der Waals surface area contributed by atoms with Gasteiger partial charge in [0.1, 0.15) is 5.82 Å². The number of likely N-dealkylation sites (tertiary alicyclic amines) is 1. The van der Waals surface area contributed by atoms with E-state index >= 15 is 0 Å². The second-order valence-electron chi connectivity index (χ2n) is 6.19. The van der Waals surface area contributed by atoms with Crippen LogP contribution in [-0.4, -0.2) is 46.2 Å². The molecule has 3 rings (SSSR count). The lowest BCUT2D eigenvalue weighted by Crippen LogP contribution is -2.41. The average molecular weight is 291 g/mol. The Kier molecular flexibility index (Phi) is 4.58. The molecule has 0 aliphatic carbocycles. The monoisotopic (exact) mass is 291 g/mol. The van der Waals surface area contributed by atoms with Crippen molar-refractivity contribution in [3.8, 4) is 0 Å². The maximum atomic E-state index is 12.4. The van der Waals surface area contributed by atoms with E-state index in [2.05, 4.69) is 9.55 Å². The molecule has 2 atom stereocenters. The quantitative estimate of drug-likeness (QED) is 0.855. The summed E-state index contributed by atoms with van der Waals surface area (Å²) in [6.07, 6.45) is 10.2. The Morgan fingerprint density at radius 1 is 1.43 bits per heavy atom. The van der Waals surface area contributed by atoms with E-state index in [1.165, 1.54) is 0 Å². The second kappa shape index (κ2) is 6.60. The van der Waals surface area contributed by atoms with Gasteiger partial charge in [-0.25, -0.2) is 4.98 Å². The average Bonchev–Trinajstić information content (AvgIpc) is 3.16. The minimum Gasteiger partial charge on any atom is -0.378 e. The first-order chi connectivity index (χ1) is 10.2. The fraction of sp³-hybridized carbons (Fsp3) is 0.750. The fourth-order valence-electron chi connectivity index (χ4n) is 3.50. The smallest absolute Gasteiger partial charge is 0.222 e. The molecule has 5 nitrogen and oxygen atoms in total. The summed E-state index contributed by atoms with van der Waals surface area (Å²) >= 11 is 0. The molecule has 0 aromatic carbocycles. The number of rotatable bonds is 4. The highest BCUT2D eigenvalue weighted by Crippen LogP contribution is 2.24. The summed E-state index contributed by atoms with van der Waals surface area (Å²) in [6.45, 7) is 4.61. The summed E-state index contributed by atoms with van der Waals surface area (Å²) in [6, 6.07) is 0.382. The summed E-state index contributed by atoms with van der Waals surface area (Å²) in [5.74, 6) is 1.32. The van der Waals surface area contributed by atoms with Crippen molar-refractivity contribution in [2.24, 2.45) is 0 Å². The summed E-state index contributed by atoms with van der Waals surface area (Å²) in [4.78, 5) is 18.7. The molecule has 5 heteroatoms. The lowest BCUT2D eigenvalue weighted by molar-refractivity contribution is -0.133. The van der Waals surface area contributed by atoms with Crippen LogP contribution >= 0.6 is 0 Å². The second-order valence-corrected chi connectivity index (χ2v) is 6.19. The van der Waals surface area contributed by atoms with E-state index in [4.69, 9.17) is 4.74 Å². The summed E-state index contributed by atoms with van der Waals surface area (Å²) in [5, 5.41) is 0. The molecule has 2 fully saturated rings. The molecule has 0 unspecified atom stereocenters. The van der Waals surface area contributed by atoms with Gasteiger partial charge in [-0.3, -0.25) is 4.79 Å². The van der Waals surface area contributed by atoms with Gasteiger partial charge in [0.05, 0.1) is 12.1 Å². The molecule has 0 N–H and O–H groups in total. The molecule has 2 aliphatic rings. The van der Waals surface area contributed by atoms with Crippen LogP contribution in [0.5, 0.6) is 0 Å². The van der Waals surface area contributed by atoms with Crippen LogP contribution in [0, 0.1) is 6.92 Å². The molecule has 116 valence electrons. The highest BCUT2D eigenvalue weighted by atomic mass is 16.5. The largest absolute Gasteiger partial charge is 0.378 e. The SMILES string of the molecule is Cc1nccn1[C@H]1CCCN(C(=O)CC[C@@H]2CCCO2)C1. The zero-order valence-electron chi connectivity index (χ0n) is 12.8. The Balaban J connectivity index is 1.53. The van der Waals surface area contributed by atoms with Gasteiger partial charge in [-0.2, -0.15) is 0 Å². The summed E-state index contributed by atoms with van der Waals surface area (Å²) in [5.41, 5.74) is 0. The summed E-state index contributed by atoms with van der Waals surface area (Å²) in [7, 11) is 0. The zero-order valence-corrected chi connectivity index (χ0v) is 12.8. The van der Waals surface area contributed by atoms with Gasteiger partial charge in [0, 0.05) is 38.5 Å². The Hall–Kier alpha value is -1.36. The Bertz CT molecular complexity index is 480. The molecule has 0 bridgehead atoms. The van der Waals surface area contributed by atoms with Gasteiger partial charge in [0.2, 0.25) is 5.91 Å². The predicted molar refractivity (Wildman–Crippen MR) is 80.0 cm³/mol. The molecule has 1 aromatic heterocycles. The van der Waals surface area contributed by atoms with Crippen molar-refractivity contribution in [2.75, 3.05) is 19.7 Å². The Morgan fingerprint density at radius 3 is 3.05 bits per heavy atom. The van der Waals surface area contributed by atoms with Crippen LogP contribution in [0.25, 0.3) is 0 Å². The van der Waals surface area contributed by atoms with Crippen LogP contribution in [0.1, 0.15) is 50.4 Å². The number of nitrogens with zero attached hydrogens (tertiary/aromatic N) is 3. The van der Waals surface area contributed by atoms with Crippen molar-refractivity contribution in [1.82, 2.24) is 14.5 Å². The van der Waals surface area contributed by atoms with E-state index in [0.29, 0.717) is 18.6 Å². The molecular formula is C16H25N3O2. The van der Waals surface area contributed by atoms with Crippen molar-refractivity contribution in [3.63, 3.8) is 0 Å². The predicted octanol–water partition coefficient (Wildman–Crippen LogP) is 2.31. The molecule has 1 amide bonds. The van der Waals surface area contributed by atoms with Gasteiger partial charge in [0.25, 0.3) is 0 Å². The number of aromatic nitrogens is 2. The third-order valence-corrected chi connectivity index (χ3v) is 4.71. The number of amides is 1. The van der Waals surface area contributed by atoms with Crippen molar-refractivity contribution in [2.45, 2.75) is 57.6 Å². The molecule has 2 saturated heterocycles. The van der Waals surface area contributed by atoms with Gasteiger partial charge in [-0.15, -0.1) is 0 Å². The lowest BCUT2D eigenvalue weighted by Gasteiger charge is -2.34. The van der Waals surface area contributed by atoms with Crippen molar-refractivity contribution in [1.29, 1.82) is 0 Å². The Labute approximate surface area is 126 Å². The number of carbonyl (C=O) groups excluding carboxylic acids is 1. The van der Waals surface area contributed by atoms with Crippen LogP contribution in [0.2, 0.25) is 0 Å². The first-order valence-electron chi connectivity index (χ1n) is 8.13. The lowest BCUT2D eigenvalue weighted by atomic mass is 10.0. The topological polar surface area (TPSA) is 47.4 Å². The van der Waals surface area contributed by atoms with Crippen LogP contribution in [0.4, 0.5) is 0 Å². The number of piperidine rings is 1. The number of aryl methyl sites for hydroxylation is 1. The van der Waals surface area contributed by atoms with E-state index < -0.39 is 0 Å².